The summed E-state index contributed by atoms with van der Waals surface area (Å²) in [6.45, 7) is 2.28. The van der Waals surface area contributed by atoms with Crippen molar-refractivity contribution in [3.63, 3.8) is 0 Å². The molecule has 0 spiro atoms. The Morgan fingerprint density at radius 2 is 1.48 bits per heavy atom. The molecule has 0 amide bonds. The van der Waals surface area contributed by atoms with Gasteiger partial charge in [0.05, 0.1) is 7.11 Å². The standard InChI is InChI=1S/C20H38O3/c1-3-4-5-10-13-17-16-18(17)14-11-8-6-7-9-12-15-19(21)20(22)23-2/h17-19,21H,3-16H2,1-2H3. The third-order valence-corrected chi connectivity index (χ3v) is 5.27. The Balaban J connectivity index is 1.80. The molecule has 1 rings (SSSR count). The van der Waals surface area contributed by atoms with Crippen LogP contribution in [0.4, 0.5) is 0 Å². The van der Waals surface area contributed by atoms with Crippen LogP contribution in [-0.2, 0) is 9.53 Å². The largest absolute Gasteiger partial charge is 0.467 e. The molecule has 136 valence electrons. The van der Waals surface area contributed by atoms with E-state index in [0.29, 0.717) is 6.42 Å². The van der Waals surface area contributed by atoms with E-state index in [1.807, 2.05) is 0 Å². The first-order valence-electron chi connectivity index (χ1n) is 9.95. The first-order chi connectivity index (χ1) is 11.2. The number of ether oxygens (including phenoxy) is 1. The molecule has 3 atom stereocenters. The molecule has 1 aliphatic rings. The van der Waals surface area contributed by atoms with E-state index in [0.717, 1.165) is 24.7 Å². The Hall–Kier alpha value is -0.570. The second-order valence-electron chi connectivity index (χ2n) is 7.34. The van der Waals surface area contributed by atoms with Gasteiger partial charge in [-0.1, -0.05) is 84.0 Å². The molecule has 0 saturated heterocycles. The molecule has 1 saturated carbocycles. The molecule has 0 heterocycles. The van der Waals surface area contributed by atoms with Gasteiger partial charge in [0.1, 0.15) is 0 Å². The summed E-state index contributed by atoms with van der Waals surface area (Å²) in [6, 6.07) is 0. The number of unbranched alkanes of at least 4 members (excludes halogenated alkanes) is 8. The molecule has 3 nitrogen and oxygen atoms in total. The number of aliphatic hydroxyl groups is 1. The van der Waals surface area contributed by atoms with Crippen LogP contribution in [0, 0.1) is 11.8 Å². The fraction of sp³-hybridized carbons (Fsp3) is 0.950. The molecule has 0 radical (unpaired) electrons. The van der Waals surface area contributed by atoms with Gasteiger partial charge in [0.25, 0.3) is 0 Å². The van der Waals surface area contributed by atoms with Gasteiger partial charge in [0, 0.05) is 0 Å². The van der Waals surface area contributed by atoms with Gasteiger partial charge in [0.15, 0.2) is 6.10 Å². The molecule has 1 aliphatic carbocycles. The minimum atomic E-state index is -0.927. The molecule has 3 heteroatoms. The van der Waals surface area contributed by atoms with Crippen molar-refractivity contribution < 1.29 is 14.6 Å². The van der Waals surface area contributed by atoms with E-state index in [9.17, 15) is 9.90 Å². The second-order valence-corrected chi connectivity index (χ2v) is 7.34. The lowest BCUT2D eigenvalue weighted by molar-refractivity contribution is -0.150. The molecule has 1 N–H and O–H groups in total. The Bertz CT molecular complexity index is 303. The predicted molar refractivity (Wildman–Crippen MR) is 95.3 cm³/mol. The van der Waals surface area contributed by atoms with Crippen LogP contribution in [0.5, 0.6) is 0 Å². The number of hydrogen-bond donors (Lipinski definition) is 1. The minimum Gasteiger partial charge on any atom is -0.467 e. The highest BCUT2D eigenvalue weighted by atomic mass is 16.5. The van der Waals surface area contributed by atoms with Gasteiger partial charge >= 0.3 is 5.97 Å². The van der Waals surface area contributed by atoms with Gasteiger partial charge in [-0.25, -0.2) is 4.79 Å². The molecule has 3 unspecified atom stereocenters. The first kappa shape index (κ1) is 20.5. The Morgan fingerprint density at radius 1 is 0.957 bits per heavy atom. The average Bonchev–Trinajstić information content (AvgIpc) is 3.31. The summed E-state index contributed by atoms with van der Waals surface area (Å²) >= 11 is 0. The zero-order valence-electron chi connectivity index (χ0n) is 15.4. The van der Waals surface area contributed by atoms with Gasteiger partial charge in [0.2, 0.25) is 0 Å². The number of aliphatic hydroxyl groups excluding tert-OH is 1. The van der Waals surface area contributed by atoms with Gasteiger partial charge in [-0.05, 0) is 24.7 Å². The fourth-order valence-corrected chi connectivity index (χ4v) is 3.56. The van der Waals surface area contributed by atoms with E-state index >= 15 is 0 Å². The second kappa shape index (κ2) is 12.8. The topological polar surface area (TPSA) is 46.5 Å². The maximum Gasteiger partial charge on any atom is 0.334 e. The van der Waals surface area contributed by atoms with Crippen molar-refractivity contribution in [2.24, 2.45) is 11.8 Å². The lowest BCUT2D eigenvalue weighted by Crippen LogP contribution is -2.21. The summed E-state index contributed by atoms with van der Waals surface area (Å²) in [5, 5.41) is 9.47. The summed E-state index contributed by atoms with van der Waals surface area (Å²) in [5.74, 6) is 1.61. The molecule has 1 fully saturated rings. The monoisotopic (exact) mass is 326 g/mol. The summed E-state index contributed by atoms with van der Waals surface area (Å²) < 4.78 is 4.51. The fourth-order valence-electron chi connectivity index (χ4n) is 3.56. The van der Waals surface area contributed by atoms with Gasteiger partial charge in [-0.2, -0.15) is 0 Å². The van der Waals surface area contributed by atoms with E-state index in [4.69, 9.17) is 0 Å². The molecule has 23 heavy (non-hydrogen) atoms. The van der Waals surface area contributed by atoms with Crippen LogP contribution in [0.2, 0.25) is 0 Å². The van der Waals surface area contributed by atoms with Crippen LogP contribution in [0.15, 0.2) is 0 Å². The molecule has 0 aromatic rings. The van der Waals surface area contributed by atoms with E-state index in [-0.39, 0.29) is 0 Å². The maximum absolute atomic E-state index is 11.0. The zero-order chi connectivity index (χ0) is 16.9. The highest BCUT2D eigenvalue weighted by Gasteiger charge is 2.34. The smallest absolute Gasteiger partial charge is 0.334 e. The summed E-state index contributed by atoms with van der Waals surface area (Å²) in [4.78, 5) is 11.0. The Morgan fingerprint density at radius 3 is 2.04 bits per heavy atom. The van der Waals surface area contributed by atoms with Crippen molar-refractivity contribution in [3.8, 4) is 0 Å². The lowest BCUT2D eigenvalue weighted by atomic mass is 10.0. The average molecular weight is 327 g/mol. The van der Waals surface area contributed by atoms with Gasteiger partial charge < -0.3 is 9.84 Å². The quantitative estimate of drug-likeness (QED) is 0.330. The van der Waals surface area contributed by atoms with Crippen LogP contribution in [0.3, 0.4) is 0 Å². The number of carbonyl (C=O) groups excluding carboxylic acids is 1. The van der Waals surface area contributed by atoms with Crippen molar-refractivity contribution in [2.75, 3.05) is 7.11 Å². The molecule has 0 aromatic heterocycles. The predicted octanol–water partition coefficient (Wildman–Crippen LogP) is 5.25. The minimum absolute atomic E-state index is 0.501. The first-order valence-corrected chi connectivity index (χ1v) is 9.95. The van der Waals surface area contributed by atoms with E-state index in [1.54, 1.807) is 0 Å². The number of esters is 1. The van der Waals surface area contributed by atoms with E-state index in [1.165, 1.54) is 77.7 Å². The van der Waals surface area contributed by atoms with Gasteiger partial charge in [-0.15, -0.1) is 0 Å². The molecule has 0 aromatic carbocycles. The number of hydrogen-bond acceptors (Lipinski definition) is 3. The van der Waals surface area contributed by atoms with Crippen molar-refractivity contribution >= 4 is 5.97 Å². The van der Waals surface area contributed by atoms with Crippen molar-refractivity contribution in [3.05, 3.63) is 0 Å². The van der Waals surface area contributed by atoms with E-state index < -0.39 is 12.1 Å². The third kappa shape index (κ3) is 10.0. The maximum atomic E-state index is 11.0. The summed E-state index contributed by atoms with van der Waals surface area (Å²) in [6.07, 6.45) is 16.9. The summed E-state index contributed by atoms with van der Waals surface area (Å²) in [7, 11) is 1.32. The number of rotatable bonds is 15. The number of methoxy groups -OCH3 is 1. The van der Waals surface area contributed by atoms with Crippen molar-refractivity contribution in [2.45, 2.75) is 103 Å². The number of carbonyl (C=O) groups is 1. The highest BCUT2D eigenvalue weighted by Crippen LogP contribution is 2.45. The SMILES string of the molecule is CCCCCCC1CC1CCCCCCCCC(O)C(=O)OC. The van der Waals surface area contributed by atoms with Crippen LogP contribution < -0.4 is 0 Å². The van der Waals surface area contributed by atoms with Crippen LogP contribution in [0.25, 0.3) is 0 Å². The molecule has 0 aliphatic heterocycles. The van der Waals surface area contributed by atoms with Crippen LogP contribution in [-0.4, -0.2) is 24.3 Å². The van der Waals surface area contributed by atoms with Gasteiger partial charge in [-0.3, -0.25) is 0 Å². The Kier molecular flexibility index (Phi) is 11.4. The van der Waals surface area contributed by atoms with Crippen molar-refractivity contribution in [1.29, 1.82) is 0 Å². The summed E-state index contributed by atoms with van der Waals surface area (Å²) in [5.41, 5.74) is 0. The van der Waals surface area contributed by atoms with Crippen molar-refractivity contribution in [1.82, 2.24) is 0 Å². The van der Waals surface area contributed by atoms with E-state index in [2.05, 4.69) is 11.7 Å². The van der Waals surface area contributed by atoms with Crippen LogP contribution >= 0.6 is 0 Å². The third-order valence-electron chi connectivity index (χ3n) is 5.27. The van der Waals surface area contributed by atoms with Crippen LogP contribution in [0.1, 0.15) is 96.8 Å². The highest BCUT2D eigenvalue weighted by molar-refractivity contribution is 5.74. The molecule has 0 bridgehead atoms. The molecular weight excluding hydrogens is 288 g/mol. The Labute approximate surface area is 143 Å². The normalized spacial score (nSPS) is 21.2. The molecular formula is C20H38O3. The zero-order valence-corrected chi connectivity index (χ0v) is 15.4. The lowest BCUT2D eigenvalue weighted by Gasteiger charge is -2.07.